The molecule has 17 heavy (non-hydrogen) atoms. The number of rotatable bonds is 6. The number of aliphatic carboxylic acids is 1. The van der Waals surface area contributed by atoms with Crippen molar-refractivity contribution in [1.82, 2.24) is 9.97 Å². The molecule has 1 rings (SSSR count). The van der Waals surface area contributed by atoms with E-state index in [1.165, 1.54) is 6.07 Å². The number of carboxylic acids is 1. The molecule has 0 spiro atoms. The van der Waals surface area contributed by atoms with E-state index in [0.29, 0.717) is 10.9 Å². The first-order chi connectivity index (χ1) is 7.97. The molecule has 0 atom stereocenters. The van der Waals surface area contributed by atoms with E-state index in [4.69, 9.17) is 9.84 Å². The van der Waals surface area contributed by atoms with Crippen LogP contribution in [0.1, 0.15) is 19.5 Å². The fraction of sp³-hybridized carbons (Fsp3) is 0.500. The van der Waals surface area contributed by atoms with Gasteiger partial charge in [0.1, 0.15) is 0 Å². The van der Waals surface area contributed by atoms with E-state index in [0.717, 1.165) is 11.8 Å². The zero-order chi connectivity index (χ0) is 12.8. The van der Waals surface area contributed by atoms with Crippen LogP contribution >= 0.6 is 11.8 Å². The van der Waals surface area contributed by atoms with Crippen molar-refractivity contribution in [3.63, 3.8) is 0 Å². The molecule has 0 aliphatic rings. The normalized spacial score (nSPS) is 10.8. The lowest BCUT2D eigenvalue weighted by molar-refractivity contribution is -0.133. The summed E-state index contributed by atoms with van der Waals surface area (Å²) in [7, 11) is 0. The van der Waals surface area contributed by atoms with Gasteiger partial charge in [-0.2, -0.15) is 0 Å². The second-order valence-electron chi connectivity index (χ2n) is 3.58. The molecule has 0 fully saturated rings. The summed E-state index contributed by atoms with van der Waals surface area (Å²) in [6.07, 6.45) is 0.0474. The van der Waals surface area contributed by atoms with E-state index >= 15 is 0 Å². The maximum absolute atomic E-state index is 11.3. The van der Waals surface area contributed by atoms with Gasteiger partial charge in [0, 0.05) is 6.07 Å². The molecule has 1 heterocycles. The molecule has 0 saturated heterocycles. The van der Waals surface area contributed by atoms with Crippen molar-refractivity contribution in [2.45, 2.75) is 31.7 Å². The molecule has 2 N–H and O–H groups in total. The number of aromatic nitrogens is 2. The van der Waals surface area contributed by atoms with Crippen LogP contribution in [0.4, 0.5) is 0 Å². The number of H-pyrrole nitrogens is 1. The Labute approximate surface area is 102 Å². The highest BCUT2D eigenvalue weighted by Crippen LogP contribution is 2.11. The highest BCUT2D eigenvalue weighted by atomic mass is 32.2. The smallest absolute Gasteiger partial charge is 0.313 e. The monoisotopic (exact) mass is 258 g/mol. The summed E-state index contributed by atoms with van der Waals surface area (Å²) < 4.78 is 5.32. The van der Waals surface area contributed by atoms with Gasteiger partial charge in [-0.1, -0.05) is 11.8 Å². The highest BCUT2D eigenvalue weighted by Gasteiger charge is 2.05. The van der Waals surface area contributed by atoms with Crippen molar-refractivity contribution in [2.75, 3.05) is 5.75 Å². The van der Waals surface area contributed by atoms with Crippen LogP contribution in [0.5, 0.6) is 0 Å². The zero-order valence-electron chi connectivity index (χ0n) is 9.60. The zero-order valence-corrected chi connectivity index (χ0v) is 10.4. The molecule has 0 bridgehead atoms. The minimum atomic E-state index is -0.957. The maximum Gasteiger partial charge on any atom is 0.313 e. The minimum absolute atomic E-state index is 0.0474. The summed E-state index contributed by atoms with van der Waals surface area (Å²) in [5.74, 6) is -1.10. The lowest BCUT2D eigenvalue weighted by Gasteiger charge is -2.07. The summed E-state index contributed by atoms with van der Waals surface area (Å²) in [4.78, 5) is 28.2. The van der Waals surface area contributed by atoms with Crippen LogP contribution in [0.15, 0.2) is 16.0 Å². The predicted molar refractivity (Wildman–Crippen MR) is 63.1 cm³/mol. The Morgan fingerprint density at radius 2 is 2.35 bits per heavy atom. The van der Waals surface area contributed by atoms with Crippen LogP contribution < -0.4 is 5.56 Å². The molecule has 0 unspecified atom stereocenters. The molecular weight excluding hydrogens is 244 g/mol. The Hall–Kier alpha value is -1.34. The quantitative estimate of drug-likeness (QED) is 0.581. The van der Waals surface area contributed by atoms with Gasteiger partial charge in [0.15, 0.2) is 5.16 Å². The number of nitrogens with one attached hydrogen (secondary N) is 1. The third-order valence-corrected chi connectivity index (χ3v) is 2.53. The second kappa shape index (κ2) is 6.41. The van der Waals surface area contributed by atoms with E-state index in [-0.39, 0.29) is 24.0 Å². The number of carbonyl (C=O) groups is 1. The Morgan fingerprint density at radius 3 is 2.94 bits per heavy atom. The predicted octanol–water partition coefficient (Wildman–Crippen LogP) is 0.872. The minimum Gasteiger partial charge on any atom is -0.481 e. The average molecular weight is 258 g/mol. The number of aromatic amines is 1. The largest absolute Gasteiger partial charge is 0.481 e. The molecule has 7 heteroatoms. The summed E-state index contributed by atoms with van der Waals surface area (Å²) in [6.45, 7) is 4.00. The van der Waals surface area contributed by atoms with Crippen LogP contribution in [0, 0.1) is 0 Å². The Bertz CT molecular complexity index is 444. The third kappa shape index (κ3) is 5.50. The SMILES string of the molecule is CC(C)OCc1cc(=O)[nH]c(SCC(=O)O)n1. The molecule has 0 saturated carbocycles. The van der Waals surface area contributed by atoms with Gasteiger partial charge in [0.25, 0.3) is 5.56 Å². The first-order valence-electron chi connectivity index (χ1n) is 5.04. The number of hydrogen-bond donors (Lipinski definition) is 2. The summed E-state index contributed by atoms with van der Waals surface area (Å²) in [5.41, 5.74) is 0.186. The average Bonchev–Trinajstić information content (AvgIpc) is 2.23. The van der Waals surface area contributed by atoms with Gasteiger partial charge >= 0.3 is 5.97 Å². The van der Waals surface area contributed by atoms with Gasteiger partial charge in [-0.25, -0.2) is 4.98 Å². The van der Waals surface area contributed by atoms with E-state index in [9.17, 15) is 9.59 Å². The summed E-state index contributed by atoms with van der Waals surface area (Å²) in [5, 5.41) is 8.82. The van der Waals surface area contributed by atoms with Crippen LogP contribution in [0.25, 0.3) is 0 Å². The van der Waals surface area contributed by atoms with Crippen LogP contribution in [0.3, 0.4) is 0 Å². The van der Waals surface area contributed by atoms with Crippen molar-refractivity contribution >= 4 is 17.7 Å². The number of hydrogen-bond acceptors (Lipinski definition) is 5. The Kier molecular flexibility index (Phi) is 5.17. The van der Waals surface area contributed by atoms with Crippen molar-refractivity contribution in [1.29, 1.82) is 0 Å². The fourth-order valence-electron chi connectivity index (χ4n) is 1.01. The van der Waals surface area contributed by atoms with Gasteiger partial charge < -0.3 is 14.8 Å². The fourth-order valence-corrected chi connectivity index (χ4v) is 1.62. The highest BCUT2D eigenvalue weighted by molar-refractivity contribution is 7.99. The topological polar surface area (TPSA) is 92.3 Å². The Balaban J connectivity index is 2.72. The molecule has 6 nitrogen and oxygen atoms in total. The lowest BCUT2D eigenvalue weighted by Crippen LogP contribution is -2.13. The van der Waals surface area contributed by atoms with Crippen LogP contribution in [-0.2, 0) is 16.1 Å². The number of carboxylic acid groups (broad SMARTS) is 1. The van der Waals surface area contributed by atoms with E-state index in [1.807, 2.05) is 13.8 Å². The Morgan fingerprint density at radius 1 is 1.65 bits per heavy atom. The van der Waals surface area contributed by atoms with Crippen molar-refractivity contribution in [3.05, 3.63) is 22.1 Å². The number of thioether (sulfide) groups is 1. The van der Waals surface area contributed by atoms with Gasteiger partial charge in [0.05, 0.1) is 24.2 Å². The maximum atomic E-state index is 11.3. The number of ether oxygens (including phenoxy) is 1. The molecule has 0 radical (unpaired) electrons. The van der Waals surface area contributed by atoms with Crippen LogP contribution in [0.2, 0.25) is 0 Å². The van der Waals surface area contributed by atoms with Crippen molar-refractivity contribution < 1.29 is 14.6 Å². The summed E-state index contributed by atoms with van der Waals surface area (Å²) >= 11 is 0.969. The standard InChI is InChI=1S/C10H14N2O4S/c1-6(2)16-4-7-3-8(13)12-10(11-7)17-5-9(14)15/h3,6H,4-5H2,1-2H3,(H,14,15)(H,11,12,13). The molecule has 0 amide bonds. The van der Waals surface area contributed by atoms with E-state index in [2.05, 4.69) is 9.97 Å². The second-order valence-corrected chi connectivity index (χ2v) is 4.55. The molecule has 0 aliphatic carbocycles. The molecule has 0 aliphatic heterocycles. The first-order valence-corrected chi connectivity index (χ1v) is 6.02. The van der Waals surface area contributed by atoms with E-state index in [1.54, 1.807) is 0 Å². The first kappa shape index (κ1) is 13.7. The van der Waals surface area contributed by atoms with Gasteiger partial charge in [-0.3, -0.25) is 9.59 Å². The lowest BCUT2D eigenvalue weighted by atomic mass is 10.4. The van der Waals surface area contributed by atoms with Gasteiger partial charge in [-0.15, -0.1) is 0 Å². The van der Waals surface area contributed by atoms with E-state index < -0.39 is 5.97 Å². The van der Waals surface area contributed by atoms with Gasteiger partial charge in [-0.05, 0) is 13.8 Å². The number of nitrogens with zero attached hydrogens (tertiary/aromatic N) is 1. The summed E-state index contributed by atoms with van der Waals surface area (Å²) in [6, 6.07) is 1.34. The van der Waals surface area contributed by atoms with Crippen molar-refractivity contribution in [2.24, 2.45) is 0 Å². The van der Waals surface area contributed by atoms with Crippen molar-refractivity contribution in [3.8, 4) is 0 Å². The van der Waals surface area contributed by atoms with Gasteiger partial charge in [0.2, 0.25) is 0 Å². The van der Waals surface area contributed by atoms with Crippen LogP contribution in [-0.4, -0.2) is 32.9 Å². The molecular formula is C10H14N2O4S. The molecule has 1 aromatic heterocycles. The third-order valence-electron chi connectivity index (χ3n) is 1.67. The molecule has 0 aromatic carbocycles. The molecule has 94 valence electrons. The molecule has 1 aromatic rings.